The Morgan fingerprint density at radius 1 is 1.80 bits per heavy atom. The Morgan fingerprint density at radius 3 is 1.80 bits per heavy atom. The van der Waals surface area contributed by atoms with Crippen molar-refractivity contribution in [3.05, 3.63) is 0 Å². The summed E-state index contributed by atoms with van der Waals surface area (Å²) in [5.74, 6) is -0.333. The molecule has 0 radical (unpaired) electrons. The number of hydrogen-bond donors (Lipinski definition) is 1. The first-order valence-corrected chi connectivity index (χ1v) is 0.993. The topological polar surface area (TPSA) is 43.1 Å². The van der Waals surface area contributed by atoms with Crippen molar-refractivity contribution < 1.29 is 4.79 Å². The van der Waals surface area contributed by atoms with Crippen molar-refractivity contribution >= 4 is 57.3 Å². The van der Waals surface area contributed by atoms with Gasteiger partial charge in [-0.15, -0.1) is 0 Å². The molecule has 0 unspecified atom stereocenters. The van der Waals surface area contributed by atoms with Crippen LogP contribution in [0.3, 0.4) is 0 Å². The van der Waals surface area contributed by atoms with Crippen LogP contribution in [0.25, 0.3) is 0 Å². The third-order valence-corrected chi connectivity index (χ3v) is 0. The summed E-state index contributed by atoms with van der Waals surface area (Å²) in [5.41, 5.74) is 4.47. The standard InChI is InChI=1S/C2H5NO.K.H/c1-2(3)4;;/h1H3,(H2,3,4);;. The van der Waals surface area contributed by atoms with Crippen LogP contribution in [-0.4, -0.2) is 57.3 Å². The summed E-state index contributed by atoms with van der Waals surface area (Å²) in [6.07, 6.45) is 0. The first-order valence-electron chi connectivity index (χ1n) is 0.993. The number of nitrogens with two attached hydrogens (primary N) is 1. The molecule has 0 aliphatic carbocycles. The van der Waals surface area contributed by atoms with Crippen LogP contribution in [0.1, 0.15) is 6.92 Å². The van der Waals surface area contributed by atoms with Crippen molar-refractivity contribution in [1.29, 1.82) is 0 Å². The zero-order valence-electron chi connectivity index (χ0n) is 2.49. The molecule has 0 aromatic rings. The Kier molecular flexibility index (Phi) is 9.64. The van der Waals surface area contributed by atoms with E-state index in [1.165, 1.54) is 6.92 Å². The summed E-state index contributed by atoms with van der Waals surface area (Å²) in [6.45, 7) is 1.31. The number of hydrogen-bond acceptors (Lipinski definition) is 1. The van der Waals surface area contributed by atoms with E-state index in [1.807, 2.05) is 0 Å². The van der Waals surface area contributed by atoms with Crippen LogP contribution >= 0.6 is 0 Å². The first-order chi connectivity index (χ1) is 1.73. The molecule has 0 aliphatic heterocycles. The van der Waals surface area contributed by atoms with E-state index in [1.54, 1.807) is 0 Å². The molecule has 2 nitrogen and oxygen atoms in total. The van der Waals surface area contributed by atoms with Crippen LogP contribution < -0.4 is 5.73 Å². The summed E-state index contributed by atoms with van der Waals surface area (Å²) in [5, 5.41) is 0. The maximum absolute atomic E-state index is 9.22. The number of carbonyl (C=O) groups is 1. The average molecular weight is 99.2 g/mol. The fraction of sp³-hybridized carbons (Fsp3) is 0.500. The normalized spacial score (nSPS) is 5.00. The molecule has 1 amide bonds. The van der Waals surface area contributed by atoms with Crippen molar-refractivity contribution in [3.8, 4) is 0 Å². The zero-order valence-corrected chi connectivity index (χ0v) is 2.49. The molecule has 0 rings (SSSR count). The van der Waals surface area contributed by atoms with Gasteiger partial charge in [-0.2, -0.15) is 0 Å². The molecule has 0 heterocycles. The molecule has 2 N–H and O–H groups in total. The van der Waals surface area contributed by atoms with Gasteiger partial charge in [0, 0.05) is 6.92 Å². The summed E-state index contributed by atoms with van der Waals surface area (Å²) in [7, 11) is 0. The molecule has 0 fully saturated rings. The maximum atomic E-state index is 9.22. The van der Waals surface area contributed by atoms with Gasteiger partial charge < -0.3 is 5.73 Å². The molecule has 5 heavy (non-hydrogen) atoms. The van der Waals surface area contributed by atoms with E-state index >= 15 is 0 Å². The zero-order chi connectivity index (χ0) is 3.58. The summed E-state index contributed by atoms with van der Waals surface area (Å²) in [6, 6.07) is 0. The predicted molar refractivity (Wildman–Crippen MR) is 22.0 cm³/mol. The molecule has 3 heteroatoms. The predicted octanol–water partition coefficient (Wildman–Crippen LogP) is -1.16. The molecular formula is C2H6KNO. The number of amides is 1. The molecule has 0 aromatic heterocycles. The second-order valence-corrected chi connectivity index (χ2v) is 0.611. The summed E-state index contributed by atoms with van der Waals surface area (Å²) < 4.78 is 0. The molecule has 0 saturated carbocycles. The van der Waals surface area contributed by atoms with Gasteiger partial charge in [-0.05, 0) is 0 Å². The van der Waals surface area contributed by atoms with Crippen molar-refractivity contribution in [3.63, 3.8) is 0 Å². The van der Waals surface area contributed by atoms with Gasteiger partial charge in [0.05, 0.1) is 0 Å². The molecule has 0 aliphatic rings. The Balaban J connectivity index is 0. The number of rotatable bonds is 0. The van der Waals surface area contributed by atoms with Crippen LogP contribution in [0.5, 0.6) is 0 Å². The van der Waals surface area contributed by atoms with Crippen molar-refractivity contribution in [2.24, 2.45) is 5.73 Å². The van der Waals surface area contributed by atoms with Gasteiger partial charge in [0.2, 0.25) is 5.91 Å². The molecule has 0 saturated heterocycles. The molecule has 0 atom stereocenters. The Morgan fingerprint density at radius 2 is 1.80 bits per heavy atom. The Labute approximate surface area is 73.5 Å². The molecular weight excluding hydrogens is 93.1 g/mol. The third kappa shape index (κ3) is 40.3. The van der Waals surface area contributed by atoms with Gasteiger partial charge in [0.1, 0.15) is 0 Å². The fourth-order valence-corrected chi connectivity index (χ4v) is 0. The second kappa shape index (κ2) is 5.11. The van der Waals surface area contributed by atoms with Crippen LogP contribution in [-0.2, 0) is 4.79 Å². The first kappa shape index (κ1) is 9.44. The molecule has 0 spiro atoms. The van der Waals surface area contributed by atoms with Gasteiger partial charge >= 0.3 is 51.4 Å². The Bertz CT molecular complexity index is 32.6. The van der Waals surface area contributed by atoms with Gasteiger partial charge in [-0.3, -0.25) is 4.79 Å². The van der Waals surface area contributed by atoms with Crippen LogP contribution in [0.15, 0.2) is 0 Å². The summed E-state index contributed by atoms with van der Waals surface area (Å²) in [4.78, 5) is 9.22. The van der Waals surface area contributed by atoms with Gasteiger partial charge in [-0.1, -0.05) is 0 Å². The van der Waals surface area contributed by atoms with Crippen LogP contribution in [0, 0.1) is 0 Å². The van der Waals surface area contributed by atoms with Crippen LogP contribution in [0.4, 0.5) is 0 Å². The Hall–Kier alpha value is 1.11. The molecule has 0 aromatic carbocycles. The van der Waals surface area contributed by atoms with Gasteiger partial charge in [0.25, 0.3) is 0 Å². The minimum absolute atomic E-state index is 0. The van der Waals surface area contributed by atoms with Gasteiger partial charge in [0.15, 0.2) is 0 Å². The van der Waals surface area contributed by atoms with Crippen molar-refractivity contribution in [1.82, 2.24) is 0 Å². The van der Waals surface area contributed by atoms with Crippen LogP contribution in [0.2, 0.25) is 0 Å². The fourth-order valence-electron chi connectivity index (χ4n) is 0. The molecule has 26 valence electrons. The quantitative estimate of drug-likeness (QED) is 0.383. The number of primary amides is 1. The van der Waals surface area contributed by atoms with E-state index in [0.29, 0.717) is 0 Å². The molecule has 0 bridgehead atoms. The van der Waals surface area contributed by atoms with Gasteiger partial charge in [-0.25, -0.2) is 0 Å². The van der Waals surface area contributed by atoms with E-state index in [-0.39, 0.29) is 57.3 Å². The third-order valence-electron chi connectivity index (χ3n) is 0. The van der Waals surface area contributed by atoms with E-state index in [4.69, 9.17) is 0 Å². The number of carbonyl (C=O) groups excluding carboxylic acids is 1. The average Bonchev–Trinajstić information content (AvgIpc) is 0.811. The van der Waals surface area contributed by atoms with Crippen molar-refractivity contribution in [2.45, 2.75) is 6.92 Å². The SMILES string of the molecule is CC(N)=O.[KH]. The van der Waals surface area contributed by atoms with E-state index in [2.05, 4.69) is 5.73 Å². The van der Waals surface area contributed by atoms with E-state index < -0.39 is 0 Å². The van der Waals surface area contributed by atoms with E-state index in [0.717, 1.165) is 0 Å². The minimum atomic E-state index is -0.333. The second-order valence-electron chi connectivity index (χ2n) is 0.611. The monoisotopic (exact) mass is 99.0 g/mol. The van der Waals surface area contributed by atoms with E-state index in [9.17, 15) is 4.79 Å². The van der Waals surface area contributed by atoms with Crippen molar-refractivity contribution in [2.75, 3.05) is 0 Å². The summed E-state index contributed by atoms with van der Waals surface area (Å²) >= 11 is 0.